The molecule has 5 aromatic heterocycles. The van der Waals surface area contributed by atoms with Crippen LogP contribution in [0.2, 0.25) is 5.15 Å². The minimum atomic E-state index is -0.349. The Labute approximate surface area is 333 Å². The summed E-state index contributed by atoms with van der Waals surface area (Å²) in [6, 6.07) is 24.2. The molecule has 11 heteroatoms. The van der Waals surface area contributed by atoms with Crippen molar-refractivity contribution in [2.75, 3.05) is 27.2 Å². The van der Waals surface area contributed by atoms with Gasteiger partial charge in [-0.05, 0) is 79.5 Å². The lowest BCUT2D eigenvalue weighted by Crippen LogP contribution is -2.24. The average Bonchev–Trinajstić information content (AvgIpc) is 3.67. The van der Waals surface area contributed by atoms with Crippen LogP contribution in [-0.4, -0.2) is 57.1 Å². The van der Waals surface area contributed by atoms with E-state index in [1.807, 2.05) is 38.4 Å². The van der Waals surface area contributed by atoms with Crippen molar-refractivity contribution >= 4 is 65.6 Å². The molecule has 0 aliphatic carbocycles. The smallest absolute Gasteiger partial charge is 0.266 e. The van der Waals surface area contributed by atoms with Crippen LogP contribution in [0.1, 0.15) is 53.9 Å². The third-order valence-corrected chi connectivity index (χ3v) is 12.2. The average molecular weight is 783 g/mol. The van der Waals surface area contributed by atoms with Crippen LogP contribution in [-0.2, 0) is 6.54 Å². The zero-order valence-electron chi connectivity index (χ0n) is 32.2. The Morgan fingerprint density at radius 2 is 1.43 bits per heavy atom. The third kappa shape index (κ3) is 6.56. The van der Waals surface area contributed by atoms with Crippen molar-refractivity contribution < 1.29 is 5.11 Å². The Bertz CT molecular complexity index is 2920. The Hall–Kier alpha value is -5.39. The van der Waals surface area contributed by atoms with Crippen LogP contribution in [0.3, 0.4) is 0 Å². The second-order valence-electron chi connectivity index (χ2n) is 15.0. The van der Waals surface area contributed by atoms with E-state index in [0.29, 0.717) is 44.4 Å². The number of halogens is 1. The molecule has 0 aliphatic heterocycles. The first-order valence-corrected chi connectivity index (χ1v) is 20.0. The number of aromatic amines is 2. The Morgan fingerprint density at radius 3 is 2.12 bits per heavy atom. The number of aromatic hydroxyl groups is 1. The number of phenolic OH excluding ortho intramolecular Hbond substituents is 1. The third-order valence-electron chi connectivity index (χ3n) is 11.0. The fourth-order valence-corrected chi connectivity index (χ4v) is 9.40. The topological polar surface area (TPSA) is 127 Å². The van der Waals surface area contributed by atoms with Gasteiger partial charge in [0.15, 0.2) is 0 Å². The van der Waals surface area contributed by atoms with Crippen molar-refractivity contribution in [3.8, 4) is 28.0 Å². The van der Waals surface area contributed by atoms with E-state index in [4.69, 9.17) is 16.6 Å². The van der Waals surface area contributed by atoms with Gasteiger partial charge in [-0.25, -0.2) is 4.98 Å². The molecule has 4 N–H and O–H groups in total. The van der Waals surface area contributed by atoms with E-state index < -0.39 is 0 Å². The summed E-state index contributed by atoms with van der Waals surface area (Å²) in [5.74, 6) is 0.460. The number of hydrogen-bond donors (Lipinski definition) is 4. The summed E-state index contributed by atoms with van der Waals surface area (Å²) in [7, 11) is 4.02. The summed E-state index contributed by atoms with van der Waals surface area (Å²) in [5, 5.41) is 20.0. The van der Waals surface area contributed by atoms with Gasteiger partial charge in [-0.3, -0.25) is 19.5 Å². The SMILES string of the molecule is CNC[C@H](C)c1ccc(-c2c(C)nc(CN(C)C[C@H](C)c3ccc(-c4c(Cl)nc(C)c5[nH]c(=O)c6sccc6c45)cc3)c3[nH]c(=O)c4c(O)cccc4c23)cc1. The normalized spacial score (nSPS) is 13.1. The van der Waals surface area contributed by atoms with E-state index in [1.165, 1.54) is 16.9 Å². The van der Waals surface area contributed by atoms with E-state index in [2.05, 4.69) is 94.6 Å². The Kier molecular flexibility index (Phi) is 10.0. The number of nitrogens with one attached hydrogen (secondary N) is 3. The van der Waals surface area contributed by atoms with Gasteiger partial charge < -0.3 is 20.4 Å². The molecule has 0 aliphatic rings. The van der Waals surface area contributed by atoms with Crippen LogP contribution in [0.25, 0.3) is 64.9 Å². The monoisotopic (exact) mass is 782 g/mol. The van der Waals surface area contributed by atoms with Gasteiger partial charge in [0.1, 0.15) is 15.6 Å². The van der Waals surface area contributed by atoms with Gasteiger partial charge in [0.2, 0.25) is 0 Å². The zero-order chi connectivity index (χ0) is 39.4. The zero-order valence-corrected chi connectivity index (χ0v) is 33.7. The molecule has 8 rings (SSSR count). The van der Waals surface area contributed by atoms with Gasteiger partial charge in [0, 0.05) is 58.0 Å². The number of H-pyrrole nitrogens is 2. The van der Waals surface area contributed by atoms with E-state index >= 15 is 0 Å². The lowest BCUT2D eigenvalue weighted by Gasteiger charge is -2.23. The highest BCUT2D eigenvalue weighted by Crippen LogP contribution is 2.40. The Balaban J connectivity index is 1.12. The van der Waals surface area contributed by atoms with Crippen LogP contribution >= 0.6 is 22.9 Å². The molecule has 0 spiro atoms. The number of benzene rings is 3. The second kappa shape index (κ2) is 14.9. The number of phenols is 1. The molecular weight excluding hydrogens is 740 g/mol. The van der Waals surface area contributed by atoms with E-state index in [1.54, 1.807) is 12.1 Å². The van der Waals surface area contributed by atoms with Crippen LogP contribution in [0.15, 0.2) is 87.8 Å². The number of nitrogens with zero attached hydrogens (tertiary/aromatic N) is 3. The van der Waals surface area contributed by atoms with E-state index in [9.17, 15) is 14.7 Å². The minimum absolute atomic E-state index is 0.0513. The first-order chi connectivity index (χ1) is 26.9. The summed E-state index contributed by atoms with van der Waals surface area (Å²) in [6.45, 7) is 10.4. The summed E-state index contributed by atoms with van der Waals surface area (Å²) in [5.41, 5.74) is 9.22. The van der Waals surface area contributed by atoms with Crippen molar-refractivity contribution in [1.82, 2.24) is 30.2 Å². The summed E-state index contributed by atoms with van der Waals surface area (Å²) >= 11 is 8.24. The number of aryl methyl sites for hydroxylation is 2. The first kappa shape index (κ1) is 37.5. The molecule has 5 heterocycles. The number of aromatic nitrogens is 4. The number of pyridine rings is 4. The predicted octanol–water partition coefficient (Wildman–Crippen LogP) is 9.40. The van der Waals surface area contributed by atoms with Gasteiger partial charge in [-0.2, -0.15) is 0 Å². The molecule has 0 fully saturated rings. The number of fused-ring (bicyclic) bond motifs is 6. The van der Waals surface area contributed by atoms with Gasteiger partial charge in [-0.15, -0.1) is 11.3 Å². The number of thiophene rings is 1. The van der Waals surface area contributed by atoms with Crippen LogP contribution in [0, 0.1) is 13.8 Å². The maximum absolute atomic E-state index is 13.5. The van der Waals surface area contributed by atoms with Gasteiger partial charge in [0.25, 0.3) is 11.1 Å². The van der Waals surface area contributed by atoms with Crippen LogP contribution in [0.5, 0.6) is 5.75 Å². The van der Waals surface area contributed by atoms with Crippen LogP contribution in [0.4, 0.5) is 0 Å². The Morgan fingerprint density at radius 1 is 0.786 bits per heavy atom. The van der Waals surface area contributed by atoms with E-state index in [-0.39, 0.29) is 28.2 Å². The molecule has 56 heavy (non-hydrogen) atoms. The largest absolute Gasteiger partial charge is 0.507 e. The van der Waals surface area contributed by atoms with Gasteiger partial charge >= 0.3 is 0 Å². The fourth-order valence-electron chi connectivity index (χ4n) is 8.28. The van der Waals surface area contributed by atoms with Crippen molar-refractivity contribution in [2.45, 2.75) is 46.1 Å². The lowest BCUT2D eigenvalue weighted by atomic mass is 9.92. The quantitative estimate of drug-likeness (QED) is 0.0805. The molecule has 3 aromatic carbocycles. The maximum Gasteiger partial charge on any atom is 0.266 e. The molecule has 0 saturated carbocycles. The lowest BCUT2D eigenvalue weighted by molar-refractivity contribution is 0.307. The molecule has 284 valence electrons. The number of likely N-dealkylation sites (N-methyl/N-ethyl adjacent to an activating group) is 2. The molecular formula is C45H43ClN6O3S. The molecule has 2 atom stereocenters. The highest BCUT2D eigenvalue weighted by molar-refractivity contribution is 7.17. The van der Waals surface area contributed by atoms with Crippen LogP contribution < -0.4 is 16.4 Å². The fraction of sp³-hybridized carbons (Fsp3) is 0.244. The molecule has 8 aromatic rings. The predicted molar refractivity (Wildman–Crippen MR) is 232 cm³/mol. The summed E-state index contributed by atoms with van der Waals surface area (Å²) in [6.07, 6.45) is 0. The van der Waals surface area contributed by atoms with Gasteiger partial charge in [0.05, 0.1) is 27.8 Å². The van der Waals surface area contributed by atoms with Crippen molar-refractivity contribution in [2.24, 2.45) is 0 Å². The highest BCUT2D eigenvalue weighted by atomic mass is 35.5. The van der Waals surface area contributed by atoms with Crippen molar-refractivity contribution in [3.63, 3.8) is 0 Å². The van der Waals surface area contributed by atoms with Gasteiger partial charge in [-0.1, -0.05) is 86.1 Å². The second-order valence-corrected chi connectivity index (χ2v) is 16.2. The number of hydrogen-bond acceptors (Lipinski definition) is 8. The molecule has 0 amide bonds. The number of rotatable bonds is 10. The molecule has 0 bridgehead atoms. The standard InChI is InChI=1S/C45H43ClN6O3S/c1-23(20-47-5)27-10-14-29(15-11-27)35-25(3)48-33(41-38(35)31-8-7-9-34(53)37(31)44(54)51-41)22-52(6)21-24(2)28-12-16-30(17-13-28)36-39-32-18-19-56-42(32)45(55)50-40(39)26(4)49-43(36)46/h7-19,23-24,47,53H,20-22H2,1-6H3,(H,50,55)(H,51,54)/t23-,24-/m0/s1. The summed E-state index contributed by atoms with van der Waals surface area (Å²) < 4.78 is 0.667. The molecule has 0 unspecified atom stereocenters. The minimum Gasteiger partial charge on any atom is -0.507 e. The van der Waals surface area contributed by atoms with Crippen molar-refractivity contribution in [1.29, 1.82) is 0 Å². The molecule has 9 nitrogen and oxygen atoms in total. The van der Waals surface area contributed by atoms with Crippen molar-refractivity contribution in [3.05, 3.63) is 132 Å². The highest BCUT2D eigenvalue weighted by Gasteiger charge is 2.22. The van der Waals surface area contributed by atoms with E-state index in [0.717, 1.165) is 68.5 Å². The maximum atomic E-state index is 13.5. The summed E-state index contributed by atoms with van der Waals surface area (Å²) in [4.78, 5) is 44.5. The first-order valence-electron chi connectivity index (χ1n) is 18.7. The molecule has 0 saturated heterocycles. The molecule has 0 radical (unpaired) electrons.